The zero-order valence-corrected chi connectivity index (χ0v) is 24.9. The lowest BCUT2D eigenvalue weighted by atomic mass is 9.83. The Morgan fingerprint density at radius 1 is 1.15 bits per heavy atom. The molecule has 2 fully saturated rings. The number of anilines is 1. The predicted octanol–water partition coefficient (Wildman–Crippen LogP) is 6.96. The van der Waals surface area contributed by atoms with Gasteiger partial charge in [0, 0.05) is 36.2 Å². The number of aromatic nitrogens is 3. The minimum Gasteiger partial charge on any atom is -0.495 e. The molecule has 0 unspecified atom stereocenters. The Hall–Kier alpha value is -3.36. The topological polar surface area (TPSA) is 93.6 Å². The molecule has 3 heterocycles. The lowest BCUT2D eigenvalue weighted by molar-refractivity contribution is -0.120. The normalized spacial score (nSPS) is 23.4. The van der Waals surface area contributed by atoms with Gasteiger partial charge in [-0.05, 0) is 95.2 Å². The summed E-state index contributed by atoms with van der Waals surface area (Å²) in [5.41, 5.74) is 5.01. The maximum Gasteiger partial charge on any atom is 0.227 e. The zero-order valence-electron chi connectivity index (χ0n) is 24.1. The van der Waals surface area contributed by atoms with Crippen LogP contribution in [-0.2, 0) is 11.2 Å². The molecule has 1 atom stereocenters. The number of fused-ring (bicyclic) bond motifs is 1. The average molecular weight is 577 g/mol. The fraction of sp³-hybridized carbons (Fsp3) is 0.469. The summed E-state index contributed by atoms with van der Waals surface area (Å²) in [7, 11) is 1.59. The number of rotatable bonds is 6. The molecule has 0 spiro atoms. The molecule has 1 saturated heterocycles. The van der Waals surface area contributed by atoms with E-state index in [-0.39, 0.29) is 18.0 Å². The summed E-state index contributed by atoms with van der Waals surface area (Å²) in [6, 6.07) is 12.1. The number of hydrogen-bond acceptors (Lipinski definition) is 6. The molecule has 216 valence electrons. The lowest BCUT2D eigenvalue weighted by Gasteiger charge is -2.37. The van der Waals surface area contributed by atoms with Crippen molar-refractivity contribution in [2.24, 2.45) is 0 Å². The molecule has 1 saturated carbocycles. The van der Waals surface area contributed by atoms with Crippen LogP contribution < -0.4 is 9.64 Å². The first-order valence-corrected chi connectivity index (χ1v) is 14.8. The van der Waals surface area contributed by atoms with E-state index in [0.717, 1.165) is 83.7 Å². The van der Waals surface area contributed by atoms with Crippen molar-refractivity contribution in [2.75, 3.05) is 12.0 Å². The molecule has 0 bridgehead atoms. The van der Waals surface area contributed by atoms with Crippen LogP contribution in [0.25, 0.3) is 22.2 Å². The Morgan fingerprint density at radius 2 is 1.93 bits per heavy atom. The second kappa shape index (κ2) is 10.8. The quantitative estimate of drug-likeness (QED) is 0.266. The largest absolute Gasteiger partial charge is 0.495 e. The number of methoxy groups -OCH3 is 1. The average Bonchev–Trinajstić information content (AvgIpc) is 3.46. The van der Waals surface area contributed by atoms with Gasteiger partial charge in [-0.2, -0.15) is 0 Å². The van der Waals surface area contributed by atoms with E-state index in [1.54, 1.807) is 7.11 Å². The van der Waals surface area contributed by atoms with Crippen LogP contribution in [0.3, 0.4) is 0 Å². The number of halogens is 1. The number of ether oxygens (including phenoxy) is 1. The highest BCUT2D eigenvalue weighted by Gasteiger charge is 2.35. The van der Waals surface area contributed by atoms with E-state index in [4.69, 9.17) is 25.8 Å². The summed E-state index contributed by atoms with van der Waals surface area (Å²) in [6.07, 6.45) is 6.08. The molecule has 6 rings (SSSR count). The molecular weight excluding hydrogens is 540 g/mol. The minimum absolute atomic E-state index is 0.0509. The lowest BCUT2D eigenvalue weighted by Crippen LogP contribution is -2.45. The van der Waals surface area contributed by atoms with E-state index in [0.29, 0.717) is 23.6 Å². The Kier molecular flexibility index (Phi) is 7.32. The van der Waals surface area contributed by atoms with Gasteiger partial charge >= 0.3 is 0 Å². The van der Waals surface area contributed by atoms with Gasteiger partial charge in [0.15, 0.2) is 0 Å². The molecule has 4 aromatic rings. The smallest absolute Gasteiger partial charge is 0.227 e. The third-order valence-electron chi connectivity index (χ3n) is 8.88. The van der Waals surface area contributed by atoms with Crippen molar-refractivity contribution in [1.29, 1.82) is 0 Å². The molecule has 1 aliphatic heterocycles. The predicted molar refractivity (Wildman–Crippen MR) is 160 cm³/mol. The number of imidazole rings is 1. The maximum atomic E-state index is 13.3. The summed E-state index contributed by atoms with van der Waals surface area (Å²) in [6.45, 7) is 5.81. The van der Waals surface area contributed by atoms with Crippen molar-refractivity contribution in [1.82, 2.24) is 14.7 Å². The summed E-state index contributed by atoms with van der Waals surface area (Å²) in [5.74, 6) is 2.43. The summed E-state index contributed by atoms with van der Waals surface area (Å²) >= 11 is 6.48. The van der Waals surface area contributed by atoms with Gasteiger partial charge in [-0.25, -0.2) is 4.98 Å². The molecule has 1 aliphatic carbocycles. The van der Waals surface area contributed by atoms with Crippen LogP contribution in [0, 0.1) is 13.8 Å². The number of aliphatic hydroxyl groups is 1. The number of nitrogens with zero attached hydrogens (tertiary/aromatic N) is 4. The molecule has 1 amide bonds. The first-order chi connectivity index (χ1) is 19.6. The molecule has 2 aromatic carbocycles. The van der Waals surface area contributed by atoms with Gasteiger partial charge in [0.05, 0.1) is 34.5 Å². The van der Waals surface area contributed by atoms with Gasteiger partial charge in [-0.3, -0.25) is 4.79 Å². The zero-order chi connectivity index (χ0) is 28.9. The Balaban J connectivity index is 1.41. The van der Waals surface area contributed by atoms with E-state index in [1.165, 1.54) is 0 Å². The summed E-state index contributed by atoms with van der Waals surface area (Å²) in [4.78, 5) is 20.4. The van der Waals surface area contributed by atoms with Crippen molar-refractivity contribution in [3.8, 4) is 16.9 Å². The Morgan fingerprint density at radius 3 is 2.61 bits per heavy atom. The van der Waals surface area contributed by atoms with Crippen molar-refractivity contribution >= 4 is 34.2 Å². The summed E-state index contributed by atoms with van der Waals surface area (Å²) in [5, 5.41) is 15.3. The van der Waals surface area contributed by atoms with Crippen molar-refractivity contribution in [3.05, 3.63) is 58.7 Å². The number of amides is 1. The third kappa shape index (κ3) is 5.24. The Bertz CT molecular complexity index is 1580. The molecule has 2 aromatic heterocycles. The van der Waals surface area contributed by atoms with Gasteiger partial charge in [0.1, 0.15) is 17.3 Å². The maximum absolute atomic E-state index is 13.3. The molecular formula is C32H37ClN4O4. The van der Waals surface area contributed by atoms with Crippen LogP contribution in [0.15, 0.2) is 40.9 Å². The van der Waals surface area contributed by atoms with E-state index in [1.807, 2.05) is 43.9 Å². The van der Waals surface area contributed by atoms with Gasteiger partial charge < -0.3 is 23.8 Å². The molecule has 8 nitrogen and oxygen atoms in total. The standard InChI is InChI=1S/C32H37ClN4O4/c1-19-31(20(2)41-35-19)21-8-10-27-26(16-21)34-29(37(27)22-12-14-32(3,39)15-13-22)18-23-6-5-7-30(38)36(23)24-9-11-28(40-4)25(33)17-24/h8-11,16-17,22-23,39H,5-7,12-15,18H2,1-4H3/t22?,23-,32?/m0/s1. The van der Waals surface area contributed by atoms with Gasteiger partial charge in [-0.1, -0.05) is 22.8 Å². The SMILES string of the molecule is COc1ccc(N2C(=O)CCC[C@H]2Cc2nc3cc(-c4c(C)noc4C)ccc3n2C2CCC(C)(O)CC2)cc1Cl. The second-order valence-corrected chi connectivity index (χ2v) is 12.3. The van der Waals surface area contributed by atoms with E-state index in [9.17, 15) is 9.90 Å². The fourth-order valence-corrected chi connectivity index (χ4v) is 6.99. The Labute approximate surface area is 245 Å². The second-order valence-electron chi connectivity index (χ2n) is 11.9. The van der Waals surface area contributed by atoms with Crippen LogP contribution >= 0.6 is 11.6 Å². The molecule has 1 N–H and O–H groups in total. The molecule has 2 aliphatic rings. The monoisotopic (exact) mass is 576 g/mol. The third-order valence-corrected chi connectivity index (χ3v) is 9.17. The number of piperidine rings is 1. The van der Waals surface area contributed by atoms with Crippen molar-refractivity contribution < 1.29 is 19.2 Å². The highest BCUT2D eigenvalue weighted by atomic mass is 35.5. The minimum atomic E-state index is -0.635. The number of benzene rings is 2. The molecule has 0 radical (unpaired) electrons. The van der Waals surface area contributed by atoms with E-state index in [2.05, 4.69) is 27.9 Å². The van der Waals surface area contributed by atoms with Crippen LogP contribution in [0.4, 0.5) is 5.69 Å². The van der Waals surface area contributed by atoms with Crippen molar-refractivity contribution in [2.45, 2.75) is 89.8 Å². The van der Waals surface area contributed by atoms with Crippen molar-refractivity contribution in [3.63, 3.8) is 0 Å². The highest BCUT2D eigenvalue weighted by Crippen LogP contribution is 2.40. The van der Waals surface area contributed by atoms with Gasteiger partial charge in [0.2, 0.25) is 5.91 Å². The van der Waals surface area contributed by atoms with E-state index >= 15 is 0 Å². The number of hydrogen-bond donors (Lipinski definition) is 1. The fourth-order valence-electron chi connectivity index (χ4n) is 6.74. The van der Waals surface area contributed by atoms with Crippen LogP contribution in [-0.4, -0.2) is 44.5 Å². The van der Waals surface area contributed by atoms with Gasteiger partial charge in [0.25, 0.3) is 0 Å². The van der Waals surface area contributed by atoms with Crippen LogP contribution in [0.5, 0.6) is 5.75 Å². The first-order valence-electron chi connectivity index (χ1n) is 14.5. The van der Waals surface area contributed by atoms with Crippen LogP contribution in [0.1, 0.15) is 75.2 Å². The number of carbonyl (C=O) groups excluding carboxylic acids is 1. The van der Waals surface area contributed by atoms with Gasteiger partial charge in [-0.15, -0.1) is 0 Å². The highest BCUT2D eigenvalue weighted by molar-refractivity contribution is 6.32. The first kappa shape index (κ1) is 27.8. The van der Waals surface area contributed by atoms with E-state index < -0.39 is 5.60 Å². The molecule has 41 heavy (non-hydrogen) atoms. The molecule has 9 heteroatoms. The number of carbonyl (C=O) groups is 1. The van der Waals surface area contributed by atoms with Crippen LogP contribution in [0.2, 0.25) is 5.02 Å². The summed E-state index contributed by atoms with van der Waals surface area (Å²) < 4.78 is 13.2. The number of aryl methyl sites for hydroxylation is 2.